The van der Waals surface area contributed by atoms with Crippen molar-refractivity contribution in [2.75, 3.05) is 19.0 Å². The highest BCUT2D eigenvalue weighted by Crippen LogP contribution is 2.34. The molecule has 1 amide bonds. The average molecular weight is 282 g/mol. The molecular formula is C18H22N2O. The zero-order valence-corrected chi connectivity index (χ0v) is 13.0. The summed E-state index contributed by atoms with van der Waals surface area (Å²) in [5, 5.41) is 0. The highest BCUT2D eigenvalue weighted by atomic mass is 16.2. The first-order valence-corrected chi connectivity index (χ1v) is 7.30. The first-order chi connectivity index (χ1) is 10.1. The fourth-order valence-corrected chi connectivity index (χ4v) is 2.95. The monoisotopic (exact) mass is 282 g/mol. The van der Waals surface area contributed by atoms with Gasteiger partial charge in [0.15, 0.2) is 0 Å². The van der Waals surface area contributed by atoms with Crippen molar-refractivity contribution in [1.29, 1.82) is 0 Å². The van der Waals surface area contributed by atoms with Gasteiger partial charge in [0.25, 0.3) is 0 Å². The number of nitrogens with zero attached hydrogens (tertiary/aromatic N) is 2. The summed E-state index contributed by atoms with van der Waals surface area (Å²) in [4.78, 5) is 17.8. The molecule has 0 aromatic heterocycles. The van der Waals surface area contributed by atoms with Crippen LogP contribution in [0.1, 0.15) is 30.0 Å². The van der Waals surface area contributed by atoms with Gasteiger partial charge >= 0.3 is 0 Å². The van der Waals surface area contributed by atoms with Crippen LogP contribution in [-0.2, 0) is 17.6 Å². The van der Waals surface area contributed by atoms with Crippen LogP contribution < -0.4 is 4.90 Å². The molecule has 1 aromatic rings. The van der Waals surface area contributed by atoms with Crippen molar-refractivity contribution in [2.24, 2.45) is 4.99 Å². The summed E-state index contributed by atoms with van der Waals surface area (Å²) in [6.45, 7) is 5.94. The Balaban J connectivity index is 2.63. The Labute approximate surface area is 126 Å². The van der Waals surface area contributed by atoms with Crippen LogP contribution in [0.5, 0.6) is 0 Å². The Hall–Kier alpha value is -2.16. The molecule has 0 aliphatic carbocycles. The number of anilines is 1. The van der Waals surface area contributed by atoms with Crippen LogP contribution >= 0.6 is 0 Å². The molecule has 0 unspecified atom stereocenters. The molecular weight excluding hydrogens is 260 g/mol. The van der Waals surface area contributed by atoms with E-state index in [1.807, 2.05) is 25.4 Å². The Kier molecular flexibility index (Phi) is 4.73. The summed E-state index contributed by atoms with van der Waals surface area (Å²) in [6, 6.07) is 4.13. The number of carbonyl (C=O) groups is 1. The van der Waals surface area contributed by atoms with Crippen molar-refractivity contribution in [3.8, 4) is 0 Å². The van der Waals surface area contributed by atoms with Crippen LogP contribution in [0.15, 0.2) is 35.9 Å². The van der Waals surface area contributed by atoms with E-state index in [1.165, 1.54) is 16.7 Å². The number of hydrogen-bond donors (Lipinski definition) is 0. The molecule has 0 saturated carbocycles. The minimum Gasteiger partial charge on any atom is -0.315 e. The Morgan fingerprint density at radius 2 is 2.19 bits per heavy atom. The van der Waals surface area contributed by atoms with Crippen molar-refractivity contribution in [2.45, 2.75) is 26.2 Å². The number of benzene rings is 1. The molecule has 2 rings (SSSR count). The molecule has 1 aromatic carbocycles. The molecule has 110 valence electrons. The second kappa shape index (κ2) is 6.53. The molecule has 1 heterocycles. The molecule has 3 heteroatoms. The smallest absolute Gasteiger partial charge is 0.227 e. The normalized spacial score (nSPS) is 15.5. The topological polar surface area (TPSA) is 32.7 Å². The number of aliphatic imine (C=N–C) groups is 1. The predicted molar refractivity (Wildman–Crippen MR) is 90.1 cm³/mol. The Morgan fingerprint density at radius 3 is 2.81 bits per heavy atom. The largest absolute Gasteiger partial charge is 0.315 e. The zero-order chi connectivity index (χ0) is 15.4. The third-order valence-corrected chi connectivity index (χ3v) is 3.96. The molecule has 0 atom stereocenters. The number of hydrogen-bond acceptors (Lipinski definition) is 2. The van der Waals surface area contributed by atoms with Gasteiger partial charge in [-0.2, -0.15) is 0 Å². The van der Waals surface area contributed by atoms with Crippen LogP contribution in [0.25, 0.3) is 5.57 Å². The molecule has 21 heavy (non-hydrogen) atoms. The van der Waals surface area contributed by atoms with Crippen molar-refractivity contribution in [3.63, 3.8) is 0 Å². The predicted octanol–water partition coefficient (Wildman–Crippen LogP) is 3.43. The number of fused-ring (bicyclic) bond motifs is 1. The van der Waals surface area contributed by atoms with Crippen LogP contribution in [0, 0.1) is 0 Å². The van der Waals surface area contributed by atoms with Gasteiger partial charge in [0.1, 0.15) is 0 Å². The number of allylic oxidation sites excluding steroid dienone is 3. The lowest BCUT2D eigenvalue weighted by atomic mass is 9.88. The third-order valence-electron chi connectivity index (χ3n) is 3.96. The standard InChI is InChI=1S/C18H22N2O/c1-5-7-13(12-19-3)15-8-10-17-16(14(15)6-2)9-11-18(21)20(17)4/h5,7-8,10,12H,1,6,9,11H2,2-4H3. The van der Waals surface area contributed by atoms with E-state index in [0.29, 0.717) is 6.42 Å². The maximum Gasteiger partial charge on any atom is 0.227 e. The summed E-state index contributed by atoms with van der Waals surface area (Å²) in [5.74, 6) is 0.189. The van der Waals surface area contributed by atoms with Crippen molar-refractivity contribution >= 4 is 23.4 Å². The summed E-state index contributed by atoms with van der Waals surface area (Å²) in [6.07, 6.45) is 7.96. The number of carbonyl (C=O) groups excluding carboxylic acids is 1. The zero-order valence-electron chi connectivity index (χ0n) is 13.0. The molecule has 0 saturated heterocycles. The summed E-state index contributed by atoms with van der Waals surface area (Å²) >= 11 is 0. The lowest BCUT2D eigenvalue weighted by Crippen LogP contribution is -2.31. The minimum atomic E-state index is 0.189. The molecule has 0 radical (unpaired) electrons. The number of amides is 1. The summed E-state index contributed by atoms with van der Waals surface area (Å²) < 4.78 is 0. The van der Waals surface area contributed by atoms with Crippen LogP contribution in [0.2, 0.25) is 0 Å². The van der Waals surface area contributed by atoms with Crippen molar-refractivity contribution < 1.29 is 4.79 Å². The molecule has 0 fully saturated rings. The van der Waals surface area contributed by atoms with Gasteiger partial charge < -0.3 is 4.90 Å². The van der Waals surface area contributed by atoms with E-state index >= 15 is 0 Å². The van der Waals surface area contributed by atoms with E-state index < -0.39 is 0 Å². The minimum absolute atomic E-state index is 0.189. The maximum absolute atomic E-state index is 11.9. The SMILES string of the molecule is C=CC=C(C=NC)c1ccc2c(c1CC)CCC(=O)N2C. The Morgan fingerprint density at radius 1 is 1.43 bits per heavy atom. The lowest BCUT2D eigenvalue weighted by Gasteiger charge is -2.29. The van der Waals surface area contributed by atoms with Gasteiger partial charge in [0.2, 0.25) is 5.91 Å². The highest BCUT2D eigenvalue weighted by molar-refractivity contribution is 6.11. The quantitative estimate of drug-likeness (QED) is 0.615. The highest BCUT2D eigenvalue weighted by Gasteiger charge is 2.24. The van der Waals surface area contributed by atoms with Crippen LogP contribution in [0.3, 0.4) is 0 Å². The van der Waals surface area contributed by atoms with E-state index in [0.717, 1.165) is 24.1 Å². The van der Waals surface area contributed by atoms with E-state index in [2.05, 4.69) is 24.6 Å². The molecule has 0 spiro atoms. The molecule has 0 N–H and O–H groups in total. The van der Waals surface area contributed by atoms with Gasteiger partial charge in [-0.15, -0.1) is 0 Å². The van der Waals surface area contributed by atoms with E-state index in [1.54, 1.807) is 18.0 Å². The average Bonchev–Trinajstić information content (AvgIpc) is 2.49. The molecule has 1 aliphatic rings. The molecule has 3 nitrogen and oxygen atoms in total. The van der Waals surface area contributed by atoms with Gasteiger partial charge in [0, 0.05) is 32.4 Å². The second-order valence-electron chi connectivity index (χ2n) is 5.14. The summed E-state index contributed by atoms with van der Waals surface area (Å²) in [5.41, 5.74) is 5.88. The summed E-state index contributed by atoms with van der Waals surface area (Å²) in [7, 11) is 3.63. The van der Waals surface area contributed by atoms with Gasteiger partial charge in [-0.1, -0.05) is 31.7 Å². The second-order valence-corrected chi connectivity index (χ2v) is 5.14. The van der Waals surface area contributed by atoms with Crippen LogP contribution in [0.4, 0.5) is 5.69 Å². The Bertz CT molecular complexity index is 626. The van der Waals surface area contributed by atoms with Crippen molar-refractivity contribution in [1.82, 2.24) is 0 Å². The number of rotatable bonds is 4. The van der Waals surface area contributed by atoms with E-state index in [9.17, 15) is 4.79 Å². The maximum atomic E-state index is 11.9. The first-order valence-electron chi connectivity index (χ1n) is 7.30. The van der Waals surface area contributed by atoms with E-state index in [4.69, 9.17) is 0 Å². The fraction of sp³-hybridized carbons (Fsp3) is 0.333. The van der Waals surface area contributed by atoms with Gasteiger partial charge in [0.05, 0.1) is 0 Å². The van der Waals surface area contributed by atoms with E-state index in [-0.39, 0.29) is 5.91 Å². The first kappa shape index (κ1) is 15.2. The van der Waals surface area contributed by atoms with Crippen molar-refractivity contribution in [3.05, 3.63) is 47.6 Å². The molecule has 1 aliphatic heterocycles. The third kappa shape index (κ3) is 2.82. The van der Waals surface area contributed by atoms with Gasteiger partial charge in [-0.3, -0.25) is 9.79 Å². The lowest BCUT2D eigenvalue weighted by molar-refractivity contribution is -0.118. The van der Waals surface area contributed by atoms with Gasteiger partial charge in [-0.05, 0) is 41.2 Å². The van der Waals surface area contributed by atoms with Crippen LogP contribution in [-0.4, -0.2) is 26.2 Å². The fourth-order valence-electron chi connectivity index (χ4n) is 2.95. The van der Waals surface area contributed by atoms with Gasteiger partial charge in [-0.25, -0.2) is 0 Å². The molecule has 0 bridgehead atoms.